The predicted molar refractivity (Wildman–Crippen MR) is 87.9 cm³/mol. The van der Waals surface area contributed by atoms with E-state index in [0.717, 1.165) is 17.1 Å². The number of nitrogens with one attached hydrogen (secondary N) is 1. The molecule has 0 saturated carbocycles. The lowest BCUT2D eigenvalue weighted by atomic mass is 9.95. The van der Waals surface area contributed by atoms with Crippen molar-refractivity contribution in [3.63, 3.8) is 0 Å². The highest BCUT2D eigenvalue weighted by atomic mass is 32.1. The Kier molecular flexibility index (Phi) is 5.44. The Bertz CT molecular complexity index is 552. The molecule has 0 amide bonds. The number of hydrogen-bond donors (Lipinski definition) is 1. The highest BCUT2D eigenvalue weighted by molar-refractivity contribution is 7.80. The van der Waals surface area contributed by atoms with Crippen molar-refractivity contribution in [1.29, 1.82) is 0 Å². The van der Waals surface area contributed by atoms with Gasteiger partial charge in [-0.25, -0.2) is 0 Å². The van der Waals surface area contributed by atoms with Crippen molar-refractivity contribution in [1.82, 2.24) is 10.3 Å². The summed E-state index contributed by atoms with van der Waals surface area (Å²) in [5, 5.41) is 3.22. The van der Waals surface area contributed by atoms with E-state index in [1.807, 2.05) is 48.7 Å². The molecule has 2 rings (SSSR count). The normalized spacial score (nSPS) is 11.6. The Balaban J connectivity index is 2.20. The fourth-order valence-corrected chi connectivity index (χ4v) is 2.35. The SMILES string of the molecule is C=CCNC(=S)C(Cc1ccccc1)c1ccccn1. The Morgan fingerprint density at radius 2 is 1.95 bits per heavy atom. The van der Waals surface area contributed by atoms with Gasteiger partial charge in [-0.05, 0) is 24.1 Å². The highest BCUT2D eigenvalue weighted by Gasteiger charge is 2.18. The van der Waals surface area contributed by atoms with Crippen LogP contribution in [0.1, 0.15) is 17.2 Å². The first kappa shape index (κ1) is 14.4. The zero-order chi connectivity index (χ0) is 14.2. The molecule has 1 heterocycles. The average molecular weight is 282 g/mol. The Hall–Kier alpha value is -2.00. The van der Waals surface area contributed by atoms with Crippen LogP contribution in [0.4, 0.5) is 0 Å². The minimum Gasteiger partial charge on any atom is -0.376 e. The molecule has 0 spiro atoms. The third kappa shape index (κ3) is 4.00. The van der Waals surface area contributed by atoms with Gasteiger partial charge in [0.15, 0.2) is 0 Å². The summed E-state index contributed by atoms with van der Waals surface area (Å²) in [5.74, 6) is 0.0912. The molecule has 0 bridgehead atoms. The van der Waals surface area contributed by atoms with Crippen LogP contribution in [0.3, 0.4) is 0 Å². The molecular weight excluding hydrogens is 264 g/mol. The highest BCUT2D eigenvalue weighted by Crippen LogP contribution is 2.20. The van der Waals surface area contributed by atoms with Crippen molar-refractivity contribution in [2.75, 3.05) is 6.54 Å². The van der Waals surface area contributed by atoms with Gasteiger partial charge in [-0.15, -0.1) is 6.58 Å². The summed E-state index contributed by atoms with van der Waals surface area (Å²) < 4.78 is 0. The molecule has 0 saturated heterocycles. The quantitative estimate of drug-likeness (QED) is 0.648. The number of hydrogen-bond acceptors (Lipinski definition) is 2. The van der Waals surface area contributed by atoms with E-state index >= 15 is 0 Å². The number of thiocarbonyl (C=S) groups is 1. The lowest BCUT2D eigenvalue weighted by Gasteiger charge is -2.18. The molecule has 0 radical (unpaired) electrons. The van der Waals surface area contributed by atoms with Crippen molar-refractivity contribution < 1.29 is 0 Å². The van der Waals surface area contributed by atoms with Crippen LogP contribution in [0, 0.1) is 0 Å². The van der Waals surface area contributed by atoms with Crippen molar-refractivity contribution in [2.24, 2.45) is 0 Å². The average Bonchev–Trinajstić information content (AvgIpc) is 2.52. The first-order valence-corrected chi connectivity index (χ1v) is 7.05. The molecule has 3 heteroatoms. The molecule has 0 aliphatic rings. The number of rotatable bonds is 6. The van der Waals surface area contributed by atoms with E-state index in [4.69, 9.17) is 12.2 Å². The molecule has 1 atom stereocenters. The van der Waals surface area contributed by atoms with Crippen LogP contribution in [0.2, 0.25) is 0 Å². The molecule has 0 aliphatic carbocycles. The summed E-state index contributed by atoms with van der Waals surface area (Å²) in [6, 6.07) is 16.3. The molecular formula is C17H18N2S. The zero-order valence-electron chi connectivity index (χ0n) is 11.3. The maximum atomic E-state index is 5.52. The second kappa shape index (κ2) is 7.56. The van der Waals surface area contributed by atoms with Gasteiger partial charge in [-0.2, -0.15) is 0 Å². The van der Waals surface area contributed by atoms with E-state index in [1.54, 1.807) is 0 Å². The van der Waals surface area contributed by atoms with Crippen LogP contribution in [-0.2, 0) is 6.42 Å². The monoisotopic (exact) mass is 282 g/mol. The van der Waals surface area contributed by atoms with Gasteiger partial charge in [-0.3, -0.25) is 4.98 Å². The summed E-state index contributed by atoms with van der Waals surface area (Å²) in [6.45, 7) is 4.39. The summed E-state index contributed by atoms with van der Waals surface area (Å²) in [6.07, 6.45) is 4.47. The topological polar surface area (TPSA) is 24.9 Å². The molecule has 20 heavy (non-hydrogen) atoms. The number of pyridine rings is 1. The van der Waals surface area contributed by atoms with Gasteiger partial charge in [0.2, 0.25) is 0 Å². The molecule has 0 fully saturated rings. The van der Waals surface area contributed by atoms with Gasteiger partial charge in [0.1, 0.15) is 0 Å². The molecule has 0 aliphatic heterocycles. The lowest BCUT2D eigenvalue weighted by molar-refractivity contribution is 0.814. The Morgan fingerprint density at radius 3 is 2.60 bits per heavy atom. The smallest absolute Gasteiger partial charge is 0.0851 e. The van der Waals surface area contributed by atoms with Crippen LogP contribution < -0.4 is 5.32 Å². The van der Waals surface area contributed by atoms with Gasteiger partial charge in [0.05, 0.1) is 16.6 Å². The van der Waals surface area contributed by atoms with E-state index in [-0.39, 0.29) is 5.92 Å². The minimum absolute atomic E-state index is 0.0912. The molecule has 2 nitrogen and oxygen atoms in total. The van der Waals surface area contributed by atoms with E-state index < -0.39 is 0 Å². The van der Waals surface area contributed by atoms with Crippen LogP contribution in [0.15, 0.2) is 67.4 Å². The third-order valence-electron chi connectivity index (χ3n) is 3.06. The molecule has 1 aromatic heterocycles. The number of aromatic nitrogens is 1. The maximum Gasteiger partial charge on any atom is 0.0851 e. The largest absolute Gasteiger partial charge is 0.376 e. The van der Waals surface area contributed by atoms with Crippen molar-refractivity contribution in [2.45, 2.75) is 12.3 Å². The van der Waals surface area contributed by atoms with Gasteiger partial charge in [0, 0.05) is 12.7 Å². The van der Waals surface area contributed by atoms with E-state index in [0.29, 0.717) is 6.54 Å². The fraction of sp³-hybridized carbons (Fsp3) is 0.176. The van der Waals surface area contributed by atoms with Crippen LogP contribution in [0.5, 0.6) is 0 Å². The Labute approximate surface area is 125 Å². The second-order valence-electron chi connectivity index (χ2n) is 4.53. The summed E-state index contributed by atoms with van der Waals surface area (Å²) in [4.78, 5) is 5.26. The third-order valence-corrected chi connectivity index (χ3v) is 3.49. The molecule has 102 valence electrons. The van der Waals surface area contributed by atoms with Crippen LogP contribution in [-0.4, -0.2) is 16.5 Å². The number of nitrogens with zero attached hydrogens (tertiary/aromatic N) is 1. The Morgan fingerprint density at radius 1 is 1.20 bits per heavy atom. The van der Waals surface area contributed by atoms with Crippen LogP contribution >= 0.6 is 12.2 Å². The van der Waals surface area contributed by atoms with Gasteiger partial charge in [-0.1, -0.05) is 54.7 Å². The van der Waals surface area contributed by atoms with Crippen molar-refractivity contribution >= 4 is 17.2 Å². The first-order chi connectivity index (χ1) is 9.81. The van der Waals surface area contributed by atoms with Crippen molar-refractivity contribution in [3.8, 4) is 0 Å². The standard InChI is InChI=1S/C17H18N2S/c1-2-11-19-17(20)15(16-10-6-7-12-18-16)13-14-8-4-3-5-9-14/h2-10,12,15H,1,11,13H2,(H,19,20). The van der Waals surface area contributed by atoms with Crippen molar-refractivity contribution in [3.05, 3.63) is 78.6 Å². The molecule has 2 aromatic rings. The summed E-state index contributed by atoms with van der Waals surface area (Å²) in [5.41, 5.74) is 2.25. The lowest BCUT2D eigenvalue weighted by Crippen LogP contribution is -2.29. The van der Waals surface area contributed by atoms with E-state index in [9.17, 15) is 0 Å². The number of benzene rings is 1. The predicted octanol–water partition coefficient (Wildman–Crippen LogP) is 3.51. The van der Waals surface area contributed by atoms with Crippen LogP contribution in [0.25, 0.3) is 0 Å². The first-order valence-electron chi connectivity index (χ1n) is 6.64. The maximum absolute atomic E-state index is 5.52. The minimum atomic E-state index is 0.0912. The second-order valence-corrected chi connectivity index (χ2v) is 4.97. The van der Waals surface area contributed by atoms with Gasteiger partial charge >= 0.3 is 0 Å². The van der Waals surface area contributed by atoms with Gasteiger partial charge in [0.25, 0.3) is 0 Å². The summed E-state index contributed by atoms with van der Waals surface area (Å²) in [7, 11) is 0. The summed E-state index contributed by atoms with van der Waals surface area (Å²) >= 11 is 5.52. The molecule has 1 N–H and O–H groups in total. The zero-order valence-corrected chi connectivity index (χ0v) is 12.1. The van der Waals surface area contributed by atoms with E-state index in [2.05, 4.69) is 29.0 Å². The fourth-order valence-electron chi connectivity index (χ4n) is 2.06. The molecule has 1 aromatic carbocycles. The molecule has 1 unspecified atom stereocenters. The van der Waals surface area contributed by atoms with Gasteiger partial charge < -0.3 is 5.32 Å². The van der Waals surface area contributed by atoms with E-state index in [1.165, 1.54) is 5.56 Å².